The highest BCUT2D eigenvalue weighted by Gasteiger charge is 2.10. The molecular formula is C8H9ClN2O3S. The number of nitrogens with one attached hydrogen (secondary N) is 1. The molecule has 2 N–H and O–H groups in total. The molecule has 5 nitrogen and oxygen atoms in total. The van der Waals surface area contributed by atoms with Gasteiger partial charge in [0, 0.05) is 0 Å². The van der Waals surface area contributed by atoms with Crippen molar-refractivity contribution in [2.75, 3.05) is 0 Å². The minimum Gasteiger partial charge on any atom is -0.342 e. The number of aromatic nitrogens is 2. The number of hydrogen-bond donors (Lipinski definition) is 2. The highest BCUT2D eigenvalue weighted by molar-refractivity contribution is 7.85. The first-order valence-electron chi connectivity index (χ1n) is 3.91. The summed E-state index contributed by atoms with van der Waals surface area (Å²) in [7, 11) is -4.13. The minimum atomic E-state index is -4.13. The van der Waals surface area contributed by atoms with Crippen LogP contribution in [0.5, 0.6) is 0 Å². The highest BCUT2D eigenvalue weighted by atomic mass is 35.5. The average Bonchev–Trinajstić information content (AvgIpc) is 2.41. The molecule has 1 aromatic heterocycles. The van der Waals surface area contributed by atoms with Gasteiger partial charge in [-0.2, -0.15) is 8.42 Å². The van der Waals surface area contributed by atoms with Crippen LogP contribution in [0.15, 0.2) is 23.1 Å². The molecule has 0 fully saturated rings. The molecule has 0 aliphatic carbocycles. The largest absolute Gasteiger partial charge is 0.342 e. The smallest absolute Gasteiger partial charge is 0.294 e. The van der Waals surface area contributed by atoms with E-state index in [1.165, 1.54) is 12.1 Å². The van der Waals surface area contributed by atoms with Crippen LogP contribution in [-0.2, 0) is 10.1 Å². The molecule has 1 heterocycles. The van der Waals surface area contributed by atoms with Gasteiger partial charge in [-0.1, -0.05) is 0 Å². The maximum atomic E-state index is 10.8. The topological polar surface area (TPSA) is 83.1 Å². The number of fused-ring (bicyclic) bond motifs is 1. The van der Waals surface area contributed by atoms with E-state index < -0.39 is 10.1 Å². The Bertz CT molecular complexity index is 591. The van der Waals surface area contributed by atoms with E-state index >= 15 is 0 Å². The summed E-state index contributed by atoms with van der Waals surface area (Å²) < 4.78 is 30.4. The molecule has 2 aromatic rings. The van der Waals surface area contributed by atoms with Gasteiger partial charge in [0.05, 0.1) is 15.9 Å². The highest BCUT2D eigenvalue weighted by Crippen LogP contribution is 2.16. The quantitative estimate of drug-likeness (QED) is 0.750. The maximum Gasteiger partial charge on any atom is 0.294 e. The van der Waals surface area contributed by atoms with Crippen LogP contribution in [0.2, 0.25) is 0 Å². The summed E-state index contributed by atoms with van der Waals surface area (Å²) in [6.07, 6.45) is 0. The number of benzene rings is 1. The summed E-state index contributed by atoms with van der Waals surface area (Å²) >= 11 is 0. The second-order valence-electron chi connectivity index (χ2n) is 2.98. The van der Waals surface area contributed by atoms with Crippen LogP contribution in [0.3, 0.4) is 0 Å². The normalized spacial score (nSPS) is 11.3. The lowest BCUT2D eigenvalue weighted by atomic mass is 10.3. The van der Waals surface area contributed by atoms with Crippen molar-refractivity contribution in [3.05, 3.63) is 24.0 Å². The van der Waals surface area contributed by atoms with E-state index in [0.717, 1.165) is 0 Å². The fourth-order valence-electron chi connectivity index (χ4n) is 1.28. The first-order valence-corrected chi connectivity index (χ1v) is 5.35. The van der Waals surface area contributed by atoms with Crippen molar-refractivity contribution in [1.29, 1.82) is 0 Å². The Kier molecular flexibility index (Phi) is 3.03. The van der Waals surface area contributed by atoms with E-state index in [0.29, 0.717) is 16.9 Å². The number of imidazole rings is 1. The molecule has 0 saturated heterocycles. The zero-order valence-electron chi connectivity index (χ0n) is 7.76. The van der Waals surface area contributed by atoms with E-state index in [2.05, 4.69) is 9.97 Å². The second kappa shape index (κ2) is 3.80. The van der Waals surface area contributed by atoms with Gasteiger partial charge in [0.2, 0.25) is 0 Å². The van der Waals surface area contributed by atoms with Crippen molar-refractivity contribution in [3.8, 4) is 0 Å². The van der Waals surface area contributed by atoms with Gasteiger partial charge in [-0.25, -0.2) is 4.98 Å². The summed E-state index contributed by atoms with van der Waals surface area (Å²) in [5.41, 5.74) is 1.27. The van der Waals surface area contributed by atoms with Crippen molar-refractivity contribution in [2.24, 2.45) is 0 Å². The van der Waals surface area contributed by atoms with Gasteiger partial charge < -0.3 is 4.98 Å². The van der Waals surface area contributed by atoms with Crippen molar-refractivity contribution < 1.29 is 13.0 Å². The van der Waals surface area contributed by atoms with Gasteiger partial charge in [-0.3, -0.25) is 4.55 Å². The first kappa shape index (κ1) is 12.0. The summed E-state index contributed by atoms with van der Waals surface area (Å²) in [6.45, 7) is 1.77. The summed E-state index contributed by atoms with van der Waals surface area (Å²) in [5.74, 6) is 0.701. The van der Waals surface area contributed by atoms with E-state index in [1.54, 1.807) is 13.0 Å². The van der Waals surface area contributed by atoms with Gasteiger partial charge >= 0.3 is 0 Å². The Balaban J connectivity index is 0.00000112. The lowest BCUT2D eigenvalue weighted by Gasteiger charge is -1.95. The molecule has 0 spiro atoms. The van der Waals surface area contributed by atoms with Crippen molar-refractivity contribution in [2.45, 2.75) is 11.8 Å². The predicted octanol–water partition coefficient (Wildman–Crippen LogP) is 1.54. The molecule has 0 bridgehead atoms. The zero-order valence-corrected chi connectivity index (χ0v) is 9.39. The third kappa shape index (κ3) is 2.28. The first-order chi connectivity index (χ1) is 6.47. The molecule has 0 atom stereocenters. The molecule has 82 valence electrons. The van der Waals surface area contributed by atoms with Crippen LogP contribution in [0.1, 0.15) is 5.82 Å². The SMILES string of the molecule is Cc1nc2ccc(S(=O)(=O)O)cc2[nH]1.Cl. The third-order valence-electron chi connectivity index (χ3n) is 1.87. The van der Waals surface area contributed by atoms with Crippen LogP contribution in [0.25, 0.3) is 11.0 Å². The third-order valence-corrected chi connectivity index (χ3v) is 2.72. The maximum absolute atomic E-state index is 10.8. The minimum absolute atomic E-state index is 0. The summed E-state index contributed by atoms with van der Waals surface area (Å²) in [5, 5.41) is 0. The van der Waals surface area contributed by atoms with Crippen LogP contribution in [-0.4, -0.2) is 22.9 Å². The fraction of sp³-hybridized carbons (Fsp3) is 0.125. The van der Waals surface area contributed by atoms with Crippen LogP contribution < -0.4 is 0 Å². The van der Waals surface area contributed by atoms with Gasteiger partial charge in [-0.15, -0.1) is 12.4 Å². The molecule has 15 heavy (non-hydrogen) atoms. The van der Waals surface area contributed by atoms with Gasteiger partial charge in [0.1, 0.15) is 5.82 Å². The number of aryl methyl sites for hydroxylation is 1. The summed E-state index contributed by atoms with van der Waals surface area (Å²) in [4.78, 5) is 6.86. The number of hydrogen-bond acceptors (Lipinski definition) is 3. The Morgan fingerprint density at radius 1 is 1.40 bits per heavy atom. The molecule has 0 aliphatic rings. The molecule has 2 rings (SSSR count). The van der Waals surface area contributed by atoms with Gasteiger partial charge in [0.25, 0.3) is 10.1 Å². The lowest BCUT2D eigenvalue weighted by molar-refractivity contribution is 0.483. The van der Waals surface area contributed by atoms with E-state index in [9.17, 15) is 8.42 Å². The average molecular weight is 249 g/mol. The Morgan fingerprint density at radius 3 is 2.67 bits per heavy atom. The van der Waals surface area contributed by atoms with E-state index in [-0.39, 0.29) is 17.3 Å². The number of halogens is 1. The number of nitrogens with zero attached hydrogens (tertiary/aromatic N) is 1. The molecule has 0 amide bonds. The second-order valence-corrected chi connectivity index (χ2v) is 4.40. The van der Waals surface area contributed by atoms with E-state index in [4.69, 9.17) is 4.55 Å². The van der Waals surface area contributed by atoms with Crippen molar-refractivity contribution >= 4 is 33.6 Å². The molecule has 0 unspecified atom stereocenters. The van der Waals surface area contributed by atoms with Gasteiger partial charge in [-0.05, 0) is 25.1 Å². The molecule has 1 aromatic carbocycles. The molecule has 7 heteroatoms. The van der Waals surface area contributed by atoms with Crippen LogP contribution in [0.4, 0.5) is 0 Å². The molecule has 0 aliphatic heterocycles. The fourth-order valence-corrected chi connectivity index (χ4v) is 1.78. The summed E-state index contributed by atoms with van der Waals surface area (Å²) in [6, 6.07) is 4.21. The predicted molar refractivity (Wildman–Crippen MR) is 57.9 cm³/mol. The Morgan fingerprint density at radius 2 is 2.07 bits per heavy atom. The molecule has 0 saturated carbocycles. The van der Waals surface area contributed by atoms with Gasteiger partial charge in [0.15, 0.2) is 0 Å². The molecule has 0 radical (unpaired) electrons. The monoisotopic (exact) mass is 248 g/mol. The zero-order chi connectivity index (χ0) is 10.3. The van der Waals surface area contributed by atoms with Crippen molar-refractivity contribution in [1.82, 2.24) is 9.97 Å². The Labute approximate surface area is 92.7 Å². The van der Waals surface area contributed by atoms with Crippen LogP contribution >= 0.6 is 12.4 Å². The Hall–Kier alpha value is -1.11. The standard InChI is InChI=1S/C8H8N2O3S.ClH/c1-5-9-7-3-2-6(14(11,12)13)4-8(7)10-5;/h2-4H,1H3,(H,9,10)(H,11,12,13);1H. The number of rotatable bonds is 1. The van der Waals surface area contributed by atoms with Crippen LogP contribution in [0, 0.1) is 6.92 Å². The van der Waals surface area contributed by atoms with E-state index in [1.807, 2.05) is 0 Å². The number of aromatic amines is 1. The van der Waals surface area contributed by atoms with Crippen molar-refractivity contribution in [3.63, 3.8) is 0 Å². The number of H-pyrrole nitrogens is 1. The lowest BCUT2D eigenvalue weighted by Crippen LogP contribution is -1.97. The molecular weight excluding hydrogens is 240 g/mol.